The number of hydrogen-bond donors (Lipinski definition) is 2. The minimum absolute atomic E-state index is 0.0780. The Morgan fingerprint density at radius 1 is 0.600 bits per heavy atom. The zero-order valence-electron chi connectivity index (χ0n) is 24.6. The summed E-state index contributed by atoms with van der Waals surface area (Å²) in [5.74, 6) is 1.54. The topological polar surface area (TPSA) is 52.0 Å². The molecule has 2 atom stereocenters. The summed E-state index contributed by atoms with van der Waals surface area (Å²) in [6, 6.07) is 35.7. The molecule has 0 aliphatic heterocycles. The fourth-order valence-corrected chi connectivity index (χ4v) is 6.83. The minimum Gasteiger partial charge on any atom is -0.399 e. The molecule has 0 radical (unpaired) electrons. The fraction of sp³-hybridized carbons (Fsp3) is 0.368. The highest BCUT2D eigenvalue weighted by molar-refractivity contribution is 5.47. The molecule has 2 unspecified atom stereocenters. The third-order valence-electron chi connectivity index (χ3n) is 9.72. The van der Waals surface area contributed by atoms with Crippen LogP contribution in [-0.4, -0.2) is 0 Å². The second-order valence-corrected chi connectivity index (χ2v) is 12.2. The molecule has 5 rings (SSSR count). The molecule has 2 nitrogen and oxygen atoms in total. The molecule has 208 valence electrons. The van der Waals surface area contributed by atoms with Gasteiger partial charge in [-0.25, -0.2) is 0 Å². The normalized spacial score (nSPS) is 20.6. The third-order valence-corrected chi connectivity index (χ3v) is 9.72. The Balaban J connectivity index is 1.43. The Hall–Kier alpha value is -3.52. The van der Waals surface area contributed by atoms with E-state index in [4.69, 9.17) is 11.5 Å². The van der Waals surface area contributed by atoms with Crippen molar-refractivity contribution in [2.75, 3.05) is 11.5 Å². The summed E-state index contributed by atoms with van der Waals surface area (Å²) in [6.45, 7) is 6.89. The van der Waals surface area contributed by atoms with Gasteiger partial charge in [-0.15, -0.1) is 0 Å². The van der Waals surface area contributed by atoms with Gasteiger partial charge in [0.25, 0.3) is 0 Å². The molecule has 1 fully saturated rings. The third kappa shape index (κ3) is 5.97. The van der Waals surface area contributed by atoms with Crippen LogP contribution in [0.5, 0.6) is 0 Å². The smallest absolute Gasteiger partial charge is 0.0314 e. The zero-order chi connectivity index (χ0) is 28.1. The van der Waals surface area contributed by atoms with Gasteiger partial charge in [0.15, 0.2) is 0 Å². The van der Waals surface area contributed by atoms with Crippen molar-refractivity contribution in [1.82, 2.24) is 0 Å². The summed E-state index contributed by atoms with van der Waals surface area (Å²) in [7, 11) is 0. The predicted molar refractivity (Wildman–Crippen MR) is 172 cm³/mol. The Morgan fingerprint density at radius 3 is 1.30 bits per heavy atom. The number of unbranched alkanes of at least 4 members (excludes halogenated alkanes) is 1. The van der Waals surface area contributed by atoms with E-state index in [0.717, 1.165) is 17.3 Å². The van der Waals surface area contributed by atoms with Crippen LogP contribution in [0.1, 0.15) is 111 Å². The van der Waals surface area contributed by atoms with E-state index in [0.29, 0.717) is 11.8 Å². The van der Waals surface area contributed by atoms with Crippen LogP contribution >= 0.6 is 0 Å². The van der Waals surface area contributed by atoms with Gasteiger partial charge in [0.1, 0.15) is 0 Å². The van der Waals surface area contributed by atoms with Gasteiger partial charge in [0.05, 0.1) is 0 Å². The Bertz CT molecular complexity index is 1250. The van der Waals surface area contributed by atoms with Crippen LogP contribution in [0.25, 0.3) is 0 Å². The number of hydrogen-bond acceptors (Lipinski definition) is 2. The average molecular weight is 531 g/mol. The highest BCUT2D eigenvalue weighted by Crippen LogP contribution is 2.48. The van der Waals surface area contributed by atoms with Crippen LogP contribution in [0.4, 0.5) is 11.4 Å². The molecule has 4 aromatic rings. The molecular formula is C38H46N2. The highest BCUT2D eigenvalue weighted by Gasteiger charge is 2.38. The Morgan fingerprint density at radius 2 is 0.950 bits per heavy atom. The summed E-state index contributed by atoms with van der Waals surface area (Å²) in [5, 5.41) is 0. The van der Waals surface area contributed by atoms with E-state index in [2.05, 4.69) is 93.6 Å². The van der Waals surface area contributed by atoms with Crippen molar-refractivity contribution in [1.29, 1.82) is 0 Å². The monoisotopic (exact) mass is 530 g/mol. The molecular weight excluding hydrogens is 484 g/mol. The van der Waals surface area contributed by atoms with E-state index in [1.165, 1.54) is 78.3 Å². The van der Waals surface area contributed by atoms with Crippen molar-refractivity contribution in [3.63, 3.8) is 0 Å². The average Bonchev–Trinajstić information content (AvgIpc) is 3.00. The van der Waals surface area contributed by atoms with Crippen molar-refractivity contribution in [2.24, 2.45) is 5.92 Å². The molecule has 0 saturated heterocycles. The van der Waals surface area contributed by atoms with E-state index in [-0.39, 0.29) is 5.41 Å². The summed E-state index contributed by atoms with van der Waals surface area (Å²) >= 11 is 0. The van der Waals surface area contributed by atoms with Crippen LogP contribution in [0.15, 0.2) is 97.1 Å². The molecule has 1 aliphatic rings. The first kappa shape index (κ1) is 28.0. The molecule has 1 saturated carbocycles. The van der Waals surface area contributed by atoms with Gasteiger partial charge in [-0.3, -0.25) is 0 Å². The molecule has 1 aliphatic carbocycles. The van der Waals surface area contributed by atoms with Gasteiger partial charge in [-0.1, -0.05) is 113 Å². The van der Waals surface area contributed by atoms with Crippen molar-refractivity contribution >= 4 is 11.4 Å². The van der Waals surface area contributed by atoms with Crippen LogP contribution in [0, 0.1) is 5.92 Å². The van der Waals surface area contributed by atoms with Crippen molar-refractivity contribution in [2.45, 2.75) is 83.0 Å². The number of rotatable bonds is 9. The first-order valence-corrected chi connectivity index (χ1v) is 15.3. The van der Waals surface area contributed by atoms with Crippen LogP contribution in [0.2, 0.25) is 0 Å². The van der Waals surface area contributed by atoms with Gasteiger partial charge >= 0.3 is 0 Å². The van der Waals surface area contributed by atoms with E-state index in [1.54, 1.807) is 0 Å². The number of benzene rings is 4. The maximum absolute atomic E-state index is 5.93. The lowest BCUT2D eigenvalue weighted by Crippen LogP contribution is -2.33. The molecule has 4 N–H and O–H groups in total. The van der Waals surface area contributed by atoms with E-state index in [1.807, 2.05) is 24.3 Å². The molecule has 4 aromatic carbocycles. The van der Waals surface area contributed by atoms with E-state index >= 15 is 0 Å². The standard InChI is InChI=1S/C38H46N2/c1-4-5-6-29-23-25-38(26-24-29,34-15-7-30(8-16-34)27(2)32-11-19-36(39)20-12-32)35-17-9-31(10-18-35)28(3)33-13-21-37(40)22-14-33/h7-22,27-29H,4-6,23-26,39-40H2,1-3H3. The quantitative estimate of drug-likeness (QED) is 0.212. The van der Waals surface area contributed by atoms with E-state index in [9.17, 15) is 0 Å². The van der Waals surface area contributed by atoms with Gasteiger partial charge in [0.2, 0.25) is 0 Å². The first-order chi connectivity index (χ1) is 19.4. The summed E-state index contributed by atoms with van der Waals surface area (Å²) in [6.07, 6.45) is 9.10. The summed E-state index contributed by atoms with van der Waals surface area (Å²) < 4.78 is 0. The number of nitrogen functional groups attached to an aromatic ring is 2. The SMILES string of the molecule is CCCCC1CCC(c2ccc(C(C)c3ccc(N)cc3)cc2)(c2ccc(C(C)c3ccc(N)cc3)cc2)CC1. The fourth-order valence-electron chi connectivity index (χ4n) is 6.83. The van der Waals surface area contributed by atoms with Gasteiger partial charge in [-0.05, 0) is 89.2 Å². The van der Waals surface area contributed by atoms with Crippen LogP contribution < -0.4 is 11.5 Å². The molecule has 2 heteroatoms. The van der Waals surface area contributed by atoms with Crippen molar-refractivity contribution < 1.29 is 0 Å². The molecule has 0 aromatic heterocycles. The Labute approximate surface area is 241 Å². The Kier molecular flexibility index (Phi) is 8.64. The highest BCUT2D eigenvalue weighted by atomic mass is 14.5. The first-order valence-electron chi connectivity index (χ1n) is 15.3. The van der Waals surface area contributed by atoms with Gasteiger partial charge in [-0.2, -0.15) is 0 Å². The second-order valence-electron chi connectivity index (χ2n) is 12.2. The molecule has 0 amide bonds. The minimum atomic E-state index is 0.0780. The summed E-state index contributed by atoms with van der Waals surface area (Å²) in [4.78, 5) is 0. The molecule has 0 spiro atoms. The van der Waals surface area contributed by atoms with Gasteiger partial charge in [0, 0.05) is 28.6 Å². The summed E-state index contributed by atoms with van der Waals surface area (Å²) in [5.41, 5.74) is 21.8. The zero-order valence-corrected chi connectivity index (χ0v) is 24.6. The lowest BCUT2D eigenvalue weighted by atomic mass is 9.62. The molecule has 0 bridgehead atoms. The lowest BCUT2D eigenvalue weighted by molar-refractivity contribution is 0.251. The van der Waals surface area contributed by atoms with Crippen molar-refractivity contribution in [3.8, 4) is 0 Å². The number of nitrogens with two attached hydrogens (primary N) is 2. The predicted octanol–water partition coefficient (Wildman–Crippen LogP) is 9.82. The molecule has 40 heavy (non-hydrogen) atoms. The maximum Gasteiger partial charge on any atom is 0.0314 e. The van der Waals surface area contributed by atoms with Crippen LogP contribution in [0.3, 0.4) is 0 Å². The lowest BCUT2D eigenvalue weighted by Gasteiger charge is -2.42. The maximum atomic E-state index is 5.93. The van der Waals surface area contributed by atoms with E-state index < -0.39 is 0 Å². The van der Waals surface area contributed by atoms with Gasteiger partial charge < -0.3 is 11.5 Å². The second kappa shape index (κ2) is 12.3. The van der Waals surface area contributed by atoms with Crippen molar-refractivity contribution in [3.05, 3.63) is 130 Å². The molecule has 0 heterocycles. The van der Waals surface area contributed by atoms with Crippen LogP contribution in [-0.2, 0) is 5.41 Å². The largest absolute Gasteiger partial charge is 0.399 e. The number of anilines is 2.